The SMILES string of the molecule is CC1Cc2[nH]c(CCN(C)C)nc2C(C)C1. The molecule has 2 unspecified atom stereocenters. The van der Waals surface area contributed by atoms with E-state index in [0.717, 1.165) is 18.9 Å². The first-order chi connectivity index (χ1) is 7.56. The summed E-state index contributed by atoms with van der Waals surface area (Å²) in [6.45, 7) is 5.70. The predicted octanol–water partition coefficient (Wildman–Crippen LogP) is 2.20. The van der Waals surface area contributed by atoms with Crippen molar-refractivity contribution in [2.75, 3.05) is 20.6 Å². The Morgan fingerprint density at radius 1 is 1.38 bits per heavy atom. The Morgan fingerprint density at radius 2 is 2.12 bits per heavy atom. The molecule has 3 nitrogen and oxygen atoms in total. The van der Waals surface area contributed by atoms with Crippen LogP contribution in [-0.2, 0) is 12.8 Å². The standard InChI is InChI=1S/C13H23N3/c1-9-7-10(2)13-11(8-9)14-12(15-13)5-6-16(3)4/h9-10H,5-8H2,1-4H3,(H,14,15). The van der Waals surface area contributed by atoms with Crippen LogP contribution in [0.5, 0.6) is 0 Å². The topological polar surface area (TPSA) is 31.9 Å². The van der Waals surface area contributed by atoms with Crippen LogP contribution in [0, 0.1) is 5.92 Å². The number of hydrogen-bond acceptors (Lipinski definition) is 2. The van der Waals surface area contributed by atoms with Gasteiger partial charge in [-0.25, -0.2) is 4.98 Å². The molecule has 1 N–H and O–H groups in total. The Labute approximate surface area is 98.3 Å². The summed E-state index contributed by atoms with van der Waals surface area (Å²) in [4.78, 5) is 10.5. The van der Waals surface area contributed by atoms with Gasteiger partial charge in [0.25, 0.3) is 0 Å². The fourth-order valence-corrected chi connectivity index (χ4v) is 2.64. The molecule has 1 heterocycles. The van der Waals surface area contributed by atoms with Gasteiger partial charge in [0.05, 0.1) is 5.69 Å². The molecule has 0 saturated heterocycles. The van der Waals surface area contributed by atoms with Gasteiger partial charge in [-0.2, -0.15) is 0 Å². The Morgan fingerprint density at radius 3 is 2.81 bits per heavy atom. The normalized spacial score (nSPS) is 24.8. The van der Waals surface area contributed by atoms with Crippen molar-refractivity contribution in [2.45, 2.75) is 39.0 Å². The van der Waals surface area contributed by atoms with E-state index in [2.05, 4.69) is 37.8 Å². The van der Waals surface area contributed by atoms with Crippen LogP contribution < -0.4 is 0 Å². The third kappa shape index (κ3) is 2.46. The molecule has 0 aromatic carbocycles. The summed E-state index contributed by atoms with van der Waals surface area (Å²) in [7, 11) is 4.21. The minimum Gasteiger partial charge on any atom is -0.346 e. The number of imidazole rings is 1. The molecule has 0 amide bonds. The van der Waals surface area contributed by atoms with Crippen LogP contribution in [0.3, 0.4) is 0 Å². The lowest BCUT2D eigenvalue weighted by Gasteiger charge is -2.22. The molecule has 1 aliphatic carbocycles. The molecule has 0 saturated carbocycles. The van der Waals surface area contributed by atoms with Gasteiger partial charge in [-0.3, -0.25) is 0 Å². The van der Waals surface area contributed by atoms with E-state index in [1.807, 2.05) is 0 Å². The van der Waals surface area contributed by atoms with E-state index in [-0.39, 0.29) is 0 Å². The molecule has 0 spiro atoms. The van der Waals surface area contributed by atoms with E-state index < -0.39 is 0 Å². The minimum atomic E-state index is 0.628. The number of aromatic amines is 1. The van der Waals surface area contributed by atoms with Crippen LogP contribution in [0.1, 0.15) is 43.4 Å². The molecule has 1 aromatic rings. The maximum Gasteiger partial charge on any atom is 0.107 e. The maximum absolute atomic E-state index is 4.76. The average molecular weight is 221 g/mol. The number of hydrogen-bond donors (Lipinski definition) is 1. The molecule has 1 aliphatic rings. The molecule has 0 fully saturated rings. The smallest absolute Gasteiger partial charge is 0.107 e. The highest BCUT2D eigenvalue weighted by atomic mass is 15.1. The van der Waals surface area contributed by atoms with Crippen molar-refractivity contribution in [1.82, 2.24) is 14.9 Å². The van der Waals surface area contributed by atoms with E-state index in [1.165, 1.54) is 30.1 Å². The van der Waals surface area contributed by atoms with Gasteiger partial charge in [-0.15, -0.1) is 0 Å². The van der Waals surface area contributed by atoms with E-state index in [0.29, 0.717) is 5.92 Å². The van der Waals surface area contributed by atoms with Crippen molar-refractivity contribution in [3.63, 3.8) is 0 Å². The van der Waals surface area contributed by atoms with Gasteiger partial charge < -0.3 is 9.88 Å². The number of nitrogens with one attached hydrogen (secondary N) is 1. The third-order valence-electron chi connectivity index (χ3n) is 3.43. The van der Waals surface area contributed by atoms with Crippen molar-refractivity contribution in [3.8, 4) is 0 Å². The van der Waals surface area contributed by atoms with Gasteiger partial charge in [0, 0.05) is 24.6 Å². The quantitative estimate of drug-likeness (QED) is 0.848. The van der Waals surface area contributed by atoms with E-state index in [4.69, 9.17) is 4.98 Å². The second kappa shape index (κ2) is 4.58. The number of aromatic nitrogens is 2. The number of fused-ring (bicyclic) bond motifs is 1. The van der Waals surface area contributed by atoms with Gasteiger partial charge in [-0.05, 0) is 32.9 Å². The van der Waals surface area contributed by atoms with Gasteiger partial charge in [0.1, 0.15) is 5.82 Å². The summed E-state index contributed by atoms with van der Waals surface area (Å²) in [5.41, 5.74) is 2.71. The molecule has 0 bridgehead atoms. The molecule has 3 heteroatoms. The number of H-pyrrole nitrogens is 1. The highest BCUT2D eigenvalue weighted by Gasteiger charge is 2.24. The Balaban J connectivity index is 2.10. The summed E-state index contributed by atoms with van der Waals surface area (Å²) < 4.78 is 0. The fourth-order valence-electron chi connectivity index (χ4n) is 2.64. The Kier molecular flexibility index (Phi) is 3.33. The molecule has 2 rings (SSSR count). The lowest BCUT2D eigenvalue weighted by molar-refractivity contribution is 0.410. The average Bonchev–Trinajstić information content (AvgIpc) is 2.57. The number of nitrogens with zero attached hydrogens (tertiary/aromatic N) is 2. The maximum atomic E-state index is 4.76. The summed E-state index contributed by atoms with van der Waals surface area (Å²) in [6, 6.07) is 0. The molecule has 90 valence electrons. The van der Waals surface area contributed by atoms with Crippen LogP contribution in [0.2, 0.25) is 0 Å². The molecule has 2 atom stereocenters. The van der Waals surface area contributed by atoms with Crippen LogP contribution in [0.15, 0.2) is 0 Å². The zero-order valence-corrected chi connectivity index (χ0v) is 10.9. The molecular formula is C13H23N3. The zero-order chi connectivity index (χ0) is 11.7. The van der Waals surface area contributed by atoms with Crippen LogP contribution in [0.25, 0.3) is 0 Å². The van der Waals surface area contributed by atoms with E-state index in [1.54, 1.807) is 0 Å². The first-order valence-electron chi connectivity index (χ1n) is 6.28. The monoisotopic (exact) mass is 221 g/mol. The summed E-state index contributed by atoms with van der Waals surface area (Å²) >= 11 is 0. The predicted molar refractivity (Wildman–Crippen MR) is 66.7 cm³/mol. The second-order valence-corrected chi connectivity index (χ2v) is 5.55. The van der Waals surface area contributed by atoms with Gasteiger partial charge in [0.2, 0.25) is 0 Å². The van der Waals surface area contributed by atoms with Crippen LogP contribution in [0.4, 0.5) is 0 Å². The van der Waals surface area contributed by atoms with Crippen molar-refractivity contribution < 1.29 is 0 Å². The second-order valence-electron chi connectivity index (χ2n) is 5.55. The molecular weight excluding hydrogens is 198 g/mol. The largest absolute Gasteiger partial charge is 0.346 e. The first-order valence-corrected chi connectivity index (χ1v) is 6.28. The van der Waals surface area contributed by atoms with Crippen molar-refractivity contribution in [1.29, 1.82) is 0 Å². The molecule has 0 radical (unpaired) electrons. The lowest BCUT2D eigenvalue weighted by Crippen LogP contribution is -2.15. The Hall–Kier alpha value is -0.830. The van der Waals surface area contributed by atoms with Crippen molar-refractivity contribution in [3.05, 3.63) is 17.2 Å². The zero-order valence-electron chi connectivity index (χ0n) is 10.9. The minimum absolute atomic E-state index is 0.628. The first kappa shape index (κ1) is 11.6. The molecule has 16 heavy (non-hydrogen) atoms. The number of rotatable bonds is 3. The highest BCUT2D eigenvalue weighted by molar-refractivity contribution is 5.22. The Bertz CT molecular complexity index is 354. The lowest BCUT2D eigenvalue weighted by atomic mass is 9.84. The molecule has 0 aliphatic heterocycles. The van der Waals surface area contributed by atoms with Crippen molar-refractivity contribution in [2.24, 2.45) is 5.92 Å². The van der Waals surface area contributed by atoms with E-state index in [9.17, 15) is 0 Å². The van der Waals surface area contributed by atoms with Gasteiger partial charge in [-0.1, -0.05) is 13.8 Å². The van der Waals surface area contributed by atoms with Gasteiger partial charge in [0.15, 0.2) is 0 Å². The summed E-state index contributed by atoms with van der Waals surface area (Å²) in [5.74, 6) is 2.59. The summed E-state index contributed by atoms with van der Waals surface area (Å²) in [6.07, 6.45) is 3.49. The van der Waals surface area contributed by atoms with Crippen molar-refractivity contribution >= 4 is 0 Å². The molecule has 1 aromatic heterocycles. The van der Waals surface area contributed by atoms with Gasteiger partial charge >= 0.3 is 0 Å². The third-order valence-corrected chi connectivity index (χ3v) is 3.43. The fraction of sp³-hybridized carbons (Fsp3) is 0.769. The van der Waals surface area contributed by atoms with E-state index >= 15 is 0 Å². The van der Waals surface area contributed by atoms with Crippen LogP contribution in [-0.4, -0.2) is 35.5 Å². The van der Waals surface area contributed by atoms with Crippen LogP contribution >= 0.6 is 0 Å². The summed E-state index contributed by atoms with van der Waals surface area (Å²) in [5, 5.41) is 0. The highest BCUT2D eigenvalue weighted by Crippen LogP contribution is 2.32. The number of likely N-dealkylation sites (N-methyl/N-ethyl adjacent to an activating group) is 1.